The van der Waals surface area contributed by atoms with E-state index < -0.39 is 23.7 Å². The molecular formula is C22H18F3N7O2. The number of carbonyl (C=O) groups is 2. The molecule has 0 spiro atoms. The number of amides is 3. The Bertz CT molecular complexity index is 1400. The molecule has 2 aromatic carbocycles. The second-order valence-corrected chi connectivity index (χ2v) is 7.38. The van der Waals surface area contributed by atoms with Gasteiger partial charge in [-0.1, -0.05) is 12.1 Å². The minimum absolute atomic E-state index is 0.0488. The summed E-state index contributed by atoms with van der Waals surface area (Å²) in [5.41, 5.74) is 1.09. The van der Waals surface area contributed by atoms with Gasteiger partial charge in [-0.15, -0.1) is 5.10 Å². The Hall–Kier alpha value is -4.48. The fraction of sp³-hybridized carbons (Fsp3) is 0.136. The van der Waals surface area contributed by atoms with E-state index in [0.29, 0.717) is 11.5 Å². The van der Waals surface area contributed by atoms with Crippen LogP contribution in [0.25, 0.3) is 5.78 Å². The molecule has 34 heavy (non-hydrogen) atoms. The van der Waals surface area contributed by atoms with Crippen molar-refractivity contribution in [2.75, 3.05) is 16.0 Å². The highest BCUT2D eigenvalue weighted by atomic mass is 19.4. The van der Waals surface area contributed by atoms with E-state index in [9.17, 15) is 22.8 Å². The predicted octanol–water partition coefficient (Wildman–Crippen LogP) is 4.66. The number of hydrogen-bond acceptors (Lipinski definition) is 5. The van der Waals surface area contributed by atoms with Crippen molar-refractivity contribution in [2.45, 2.75) is 20.0 Å². The van der Waals surface area contributed by atoms with Crippen LogP contribution in [0, 0.1) is 13.8 Å². The average Bonchev–Trinajstić information content (AvgIpc) is 3.15. The van der Waals surface area contributed by atoms with Gasteiger partial charge in [0.25, 0.3) is 17.6 Å². The van der Waals surface area contributed by atoms with Crippen LogP contribution in [0.2, 0.25) is 0 Å². The molecule has 4 rings (SSSR count). The largest absolute Gasteiger partial charge is 0.416 e. The number of nitrogens with one attached hydrogen (secondary N) is 3. The summed E-state index contributed by atoms with van der Waals surface area (Å²) in [7, 11) is 0. The van der Waals surface area contributed by atoms with Crippen LogP contribution in [0.4, 0.5) is 35.3 Å². The maximum atomic E-state index is 12.9. The molecule has 0 saturated carbocycles. The summed E-state index contributed by atoms with van der Waals surface area (Å²) >= 11 is 0. The number of fused-ring (bicyclic) bond motifs is 1. The number of hydrogen-bond donors (Lipinski definition) is 3. The lowest BCUT2D eigenvalue weighted by atomic mass is 10.1. The number of urea groups is 1. The minimum Gasteiger partial charge on any atom is -0.322 e. The summed E-state index contributed by atoms with van der Waals surface area (Å²) in [6.45, 7) is 3.65. The molecule has 2 aromatic heterocycles. The number of nitrogens with zero attached hydrogens (tertiary/aromatic N) is 4. The average molecular weight is 469 g/mol. The molecule has 2 heterocycles. The Kier molecular flexibility index (Phi) is 5.88. The Morgan fingerprint density at radius 3 is 2.32 bits per heavy atom. The Morgan fingerprint density at radius 2 is 1.59 bits per heavy atom. The number of carbonyl (C=O) groups excluding carboxylic acids is 2. The van der Waals surface area contributed by atoms with Gasteiger partial charge in [-0.2, -0.15) is 22.7 Å². The van der Waals surface area contributed by atoms with Crippen LogP contribution >= 0.6 is 0 Å². The Morgan fingerprint density at radius 1 is 0.882 bits per heavy atom. The molecule has 12 heteroatoms. The number of anilines is 3. The van der Waals surface area contributed by atoms with E-state index in [-0.39, 0.29) is 17.2 Å². The zero-order valence-electron chi connectivity index (χ0n) is 17.9. The van der Waals surface area contributed by atoms with E-state index in [1.165, 1.54) is 22.7 Å². The molecule has 0 atom stereocenters. The lowest BCUT2D eigenvalue weighted by Gasteiger charge is -2.10. The van der Waals surface area contributed by atoms with Gasteiger partial charge >= 0.3 is 12.2 Å². The van der Waals surface area contributed by atoms with Crippen LogP contribution in [0.5, 0.6) is 0 Å². The number of aromatic nitrogens is 4. The van der Waals surface area contributed by atoms with Crippen molar-refractivity contribution < 1.29 is 22.8 Å². The van der Waals surface area contributed by atoms with Crippen molar-refractivity contribution in [2.24, 2.45) is 0 Å². The SMILES string of the molecule is Cc1cc(C)n2nc(NC(=O)Nc3cccc(NC(=O)c4cccc(C(F)(F)F)c4)c3)nc2n1. The van der Waals surface area contributed by atoms with Gasteiger partial charge in [0.1, 0.15) is 0 Å². The van der Waals surface area contributed by atoms with Crippen LogP contribution in [-0.2, 0) is 6.18 Å². The van der Waals surface area contributed by atoms with E-state index in [1.807, 2.05) is 19.9 Å². The van der Waals surface area contributed by atoms with Crippen LogP contribution in [0.15, 0.2) is 54.6 Å². The fourth-order valence-corrected chi connectivity index (χ4v) is 3.20. The molecule has 9 nitrogen and oxygen atoms in total. The first-order valence-electron chi connectivity index (χ1n) is 9.96. The zero-order valence-corrected chi connectivity index (χ0v) is 17.9. The van der Waals surface area contributed by atoms with E-state index in [4.69, 9.17) is 0 Å². The number of aryl methyl sites for hydroxylation is 2. The molecule has 0 fully saturated rings. The van der Waals surface area contributed by atoms with Gasteiger partial charge in [0.2, 0.25) is 0 Å². The summed E-state index contributed by atoms with van der Waals surface area (Å²) in [5.74, 6) is -0.334. The van der Waals surface area contributed by atoms with Crippen LogP contribution in [0.3, 0.4) is 0 Å². The minimum atomic E-state index is -4.56. The smallest absolute Gasteiger partial charge is 0.322 e. The van der Waals surface area contributed by atoms with Crippen molar-refractivity contribution >= 4 is 35.0 Å². The number of rotatable bonds is 4. The third-order valence-corrected chi connectivity index (χ3v) is 4.67. The van der Waals surface area contributed by atoms with Crippen molar-refractivity contribution in [3.63, 3.8) is 0 Å². The lowest BCUT2D eigenvalue weighted by Crippen LogP contribution is -2.20. The Labute approximate surface area is 191 Å². The van der Waals surface area contributed by atoms with Crippen LogP contribution in [-0.4, -0.2) is 31.5 Å². The Balaban J connectivity index is 1.43. The maximum absolute atomic E-state index is 12.9. The van der Waals surface area contributed by atoms with Gasteiger partial charge in [0.15, 0.2) is 0 Å². The standard InChI is InChI=1S/C22H18F3N7O2/c1-12-9-13(2)32-20(26-12)29-19(31-32)30-21(34)28-17-8-4-7-16(11-17)27-18(33)14-5-3-6-15(10-14)22(23,24)25/h3-11H,1-2H3,(H,27,33)(H2,28,30,31,34). The quantitative estimate of drug-likeness (QED) is 0.403. The number of halogens is 3. The molecule has 0 aliphatic heterocycles. The van der Waals surface area contributed by atoms with Gasteiger partial charge in [-0.05, 0) is 56.3 Å². The monoisotopic (exact) mass is 469 g/mol. The topological polar surface area (TPSA) is 113 Å². The van der Waals surface area contributed by atoms with Crippen molar-refractivity contribution in [3.8, 4) is 0 Å². The first kappa shape index (κ1) is 22.7. The molecule has 3 N–H and O–H groups in total. The van der Waals surface area contributed by atoms with Gasteiger partial charge < -0.3 is 10.6 Å². The van der Waals surface area contributed by atoms with Crippen LogP contribution < -0.4 is 16.0 Å². The summed E-state index contributed by atoms with van der Waals surface area (Å²) in [4.78, 5) is 33.2. The third kappa shape index (κ3) is 5.11. The van der Waals surface area contributed by atoms with Gasteiger partial charge in [0, 0.05) is 28.3 Å². The van der Waals surface area contributed by atoms with E-state index in [0.717, 1.165) is 29.6 Å². The van der Waals surface area contributed by atoms with Gasteiger partial charge in [0.05, 0.1) is 5.56 Å². The lowest BCUT2D eigenvalue weighted by molar-refractivity contribution is -0.137. The molecule has 0 aliphatic rings. The molecule has 0 radical (unpaired) electrons. The van der Waals surface area contributed by atoms with Crippen LogP contribution in [0.1, 0.15) is 27.3 Å². The summed E-state index contributed by atoms with van der Waals surface area (Å²) in [5, 5.41) is 11.8. The number of benzene rings is 2. The highest BCUT2D eigenvalue weighted by molar-refractivity contribution is 6.05. The summed E-state index contributed by atoms with van der Waals surface area (Å²) in [6, 6.07) is 11.4. The van der Waals surface area contributed by atoms with Gasteiger partial charge in [-0.3, -0.25) is 10.1 Å². The predicted molar refractivity (Wildman–Crippen MR) is 119 cm³/mol. The normalized spacial score (nSPS) is 11.3. The summed E-state index contributed by atoms with van der Waals surface area (Å²) in [6.07, 6.45) is -4.56. The van der Waals surface area contributed by atoms with Crippen molar-refractivity contribution in [1.29, 1.82) is 0 Å². The van der Waals surface area contributed by atoms with Crippen molar-refractivity contribution in [1.82, 2.24) is 19.6 Å². The van der Waals surface area contributed by atoms with E-state index in [2.05, 4.69) is 31.0 Å². The summed E-state index contributed by atoms with van der Waals surface area (Å²) < 4.78 is 40.2. The molecule has 0 bridgehead atoms. The second-order valence-electron chi connectivity index (χ2n) is 7.38. The molecule has 4 aromatic rings. The zero-order chi connectivity index (χ0) is 24.5. The molecule has 0 saturated heterocycles. The highest BCUT2D eigenvalue weighted by Gasteiger charge is 2.30. The van der Waals surface area contributed by atoms with Gasteiger partial charge in [-0.25, -0.2) is 9.78 Å². The molecule has 174 valence electrons. The fourth-order valence-electron chi connectivity index (χ4n) is 3.20. The van der Waals surface area contributed by atoms with E-state index >= 15 is 0 Å². The van der Waals surface area contributed by atoms with Crippen molar-refractivity contribution in [3.05, 3.63) is 77.1 Å². The second kappa shape index (κ2) is 8.81. The van der Waals surface area contributed by atoms with E-state index in [1.54, 1.807) is 12.1 Å². The number of alkyl halides is 3. The molecule has 0 unspecified atom stereocenters. The molecule has 0 aliphatic carbocycles. The third-order valence-electron chi connectivity index (χ3n) is 4.67. The first-order chi connectivity index (χ1) is 16.1. The first-order valence-corrected chi connectivity index (χ1v) is 9.96. The highest BCUT2D eigenvalue weighted by Crippen LogP contribution is 2.29. The maximum Gasteiger partial charge on any atom is 0.416 e. The molecular weight excluding hydrogens is 451 g/mol. The molecule has 3 amide bonds.